The number of esters is 1. The minimum atomic E-state index is -0.330. The van der Waals surface area contributed by atoms with E-state index in [4.69, 9.17) is 4.74 Å². The van der Waals surface area contributed by atoms with Crippen molar-refractivity contribution in [3.63, 3.8) is 0 Å². The minimum absolute atomic E-state index is 0.00768. The Balaban J connectivity index is 1.78. The molecule has 1 aromatic carbocycles. The van der Waals surface area contributed by atoms with Crippen LogP contribution in [0.2, 0.25) is 0 Å². The van der Waals surface area contributed by atoms with E-state index in [0.29, 0.717) is 12.1 Å². The highest BCUT2D eigenvalue weighted by Crippen LogP contribution is 2.26. The second kappa shape index (κ2) is 8.21. The third kappa shape index (κ3) is 3.98. The van der Waals surface area contributed by atoms with Gasteiger partial charge in [-0.25, -0.2) is 0 Å². The maximum absolute atomic E-state index is 13.1. The van der Waals surface area contributed by atoms with Gasteiger partial charge < -0.3 is 14.2 Å². The molecule has 0 bridgehead atoms. The lowest BCUT2D eigenvalue weighted by molar-refractivity contribution is -0.145. The number of amides is 1. The number of carbonyl (C=O) groups is 2. The van der Waals surface area contributed by atoms with Crippen LogP contribution in [0.25, 0.3) is 5.69 Å². The van der Waals surface area contributed by atoms with E-state index >= 15 is 0 Å². The topological polar surface area (TPSA) is 51.5 Å². The molecule has 0 spiro atoms. The van der Waals surface area contributed by atoms with E-state index in [1.165, 1.54) is 7.11 Å². The molecule has 5 nitrogen and oxygen atoms in total. The Morgan fingerprint density at radius 3 is 2.35 bits per heavy atom. The summed E-state index contributed by atoms with van der Waals surface area (Å²) in [5.41, 5.74) is 1.67. The molecule has 3 rings (SSSR count). The fourth-order valence-corrected chi connectivity index (χ4v) is 3.63. The maximum atomic E-state index is 13.1. The summed E-state index contributed by atoms with van der Waals surface area (Å²) in [6.45, 7) is 2.21. The number of nitrogens with zero attached hydrogens (tertiary/aromatic N) is 2. The average molecular weight is 354 g/mol. The number of ether oxygens (including phenoxy) is 1. The molecule has 1 atom stereocenters. The lowest BCUT2D eigenvalue weighted by Gasteiger charge is -2.31. The van der Waals surface area contributed by atoms with Gasteiger partial charge in [0, 0.05) is 36.2 Å². The Hall–Kier alpha value is -2.56. The SMILES string of the molecule is COC(=O)C(C)CN(C(=O)c1ccc(-n2cccc2)cc1)C1CCCC1. The molecule has 2 aromatic rings. The van der Waals surface area contributed by atoms with Crippen molar-refractivity contribution in [2.24, 2.45) is 5.92 Å². The van der Waals surface area contributed by atoms with Gasteiger partial charge in [0.05, 0.1) is 13.0 Å². The molecule has 1 amide bonds. The van der Waals surface area contributed by atoms with Crippen molar-refractivity contribution in [2.75, 3.05) is 13.7 Å². The predicted octanol–water partition coefficient (Wildman–Crippen LogP) is 3.67. The minimum Gasteiger partial charge on any atom is -0.469 e. The molecule has 1 aliphatic carbocycles. The van der Waals surface area contributed by atoms with Gasteiger partial charge in [-0.05, 0) is 49.2 Å². The number of hydrogen-bond donors (Lipinski definition) is 0. The molecule has 0 radical (unpaired) electrons. The summed E-state index contributed by atoms with van der Waals surface area (Å²) in [5.74, 6) is -0.612. The molecule has 1 fully saturated rings. The zero-order valence-electron chi connectivity index (χ0n) is 15.4. The first-order chi connectivity index (χ1) is 12.6. The molecule has 5 heteroatoms. The van der Waals surface area contributed by atoms with Crippen LogP contribution in [0, 0.1) is 5.92 Å². The van der Waals surface area contributed by atoms with E-state index in [1.54, 1.807) is 0 Å². The van der Waals surface area contributed by atoms with Crippen LogP contribution in [0.4, 0.5) is 0 Å². The Kier molecular flexibility index (Phi) is 5.76. The molecule has 1 aromatic heterocycles. The number of benzene rings is 1. The van der Waals surface area contributed by atoms with Gasteiger partial charge in [-0.2, -0.15) is 0 Å². The molecule has 26 heavy (non-hydrogen) atoms. The van der Waals surface area contributed by atoms with Gasteiger partial charge in [0.2, 0.25) is 0 Å². The first kappa shape index (κ1) is 18.2. The van der Waals surface area contributed by atoms with Gasteiger partial charge in [0.1, 0.15) is 0 Å². The van der Waals surface area contributed by atoms with E-state index in [0.717, 1.165) is 31.4 Å². The zero-order chi connectivity index (χ0) is 18.5. The first-order valence-electron chi connectivity index (χ1n) is 9.22. The molecule has 0 N–H and O–H groups in total. The normalized spacial score (nSPS) is 15.6. The maximum Gasteiger partial charge on any atom is 0.310 e. The van der Waals surface area contributed by atoms with E-state index in [-0.39, 0.29) is 23.8 Å². The number of carbonyl (C=O) groups excluding carboxylic acids is 2. The van der Waals surface area contributed by atoms with E-state index in [9.17, 15) is 9.59 Å². The van der Waals surface area contributed by atoms with Gasteiger partial charge >= 0.3 is 5.97 Å². The summed E-state index contributed by atoms with van der Waals surface area (Å²) in [5, 5.41) is 0. The second-order valence-corrected chi connectivity index (χ2v) is 6.96. The van der Waals surface area contributed by atoms with E-state index < -0.39 is 0 Å². The Bertz CT molecular complexity index is 731. The third-order valence-electron chi connectivity index (χ3n) is 5.12. The first-order valence-corrected chi connectivity index (χ1v) is 9.22. The van der Waals surface area contributed by atoms with Gasteiger partial charge in [0.15, 0.2) is 0 Å². The van der Waals surface area contributed by atoms with Crippen molar-refractivity contribution in [3.05, 3.63) is 54.4 Å². The van der Waals surface area contributed by atoms with E-state index in [2.05, 4.69) is 0 Å². The molecule has 0 saturated heterocycles. The molecular weight excluding hydrogens is 328 g/mol. The van der Waals surface area contributed by atoms with Crippen molar-refractivity contribution in [1.82, 2.24) is 9.47 Å². The van der Waals surface area contributed by atoms with Gasteiger partial charge in [0.25, 0.3) is 5.91 Å². The van der Waals surface area contributed by atoms with Crippen molar-refractivity contribution in [3.8, 4) is 5.69 Å². The number of methoxy groups -OCH3 is 1. The van der Waals surface area contributed by atoms with Crippen LogP contribution >= 0.6 is 0 Å². The Morgan fingerprint density at radius 2 is 1.77 bits per heavy atom. The van der Waals surface area contributed by atoms with Gasteiger partial charge in [-0.3, -0.25) is 9.59 Å². The lowest BCUT2D eigenvalue weighted by Crippen LogP contribution is -2.43. The summed E-state index contributed by atoms with van der Waals surface area (Å²) < 4.78 is 6.84. The summed E-state index contributed by atoms with van der Waals surface area (Å²) in [4.78, 5) is 26.9. The van der Waals surface area contributed by atoms with Crippen LogP contribution in [0.3, 0.4) is 0 Å². The zero-order valence-corrected chi connectivity index (χ0v) is 15.4. The molecular formula is C21H26N2O3. The monoisotopic (exact) mass is 354 g/mol. The smallest absolute Gasteiger partial charge is 0.310 e. The fourth-order valence-electron chi connectivity index (χ4n) is 3.63. The van der Waals surface area contributed by atoms with Gasteiger partial charge in [-0.15, -0.1) is 0 Å². The number of hydrogen-bond acceptors (Lipinski definition) is 3. The van der Waals surface area contributed by atoms with Crippen molar-refractivity contribution in [2.45, 2.75) is 38.6 Å². The third-order valence-corrected chi connectivity index (χ3v) is 5.12. The van der Waals surface area contributed by atoms with Crippen LogP contribution in [0.1, 0.15) is 43.0 Å². The molecule has 1 unspecified atom stereocenters. The largest absolute Gasteiger partial charge is 0.469 e. The highest BCUT2D eigenvalue weighted by atomic mass is 16.5. The summed E-state index contributed by atoms with van der Waals surface area (Å²) in [6, 6.07) is 11.8. The number of aromatic nitrogens is 1. The summed E-state index contributed by atoms with van der Waals surface area (Å²) in [7, 11) is 1.39. The molecule has 138 valence electrons. The van der Waals surface area contributed by atoms with Crippen LogP contribution in [-0.2, 0) is 9.53 Å². The fraction of sp³-hybridized carbons (Fsp3) is 0.429. The molecule has 1 heterocycles. The van der Waals surface area contributed by atoms with Crippen molar-refractivity contribution >= 4 is 11.9 Å². The average Bonchev–Trinajstić information content (AvgIpc) is 3.38. The van der Waals surface area contributed by atoms with Crippen LogP contribution in [0.15, 0.2) is 48.8 Å². The molecule has 1 aliphatic rings. The quantitative estimate of drug-likeness (QED) is 0.744. The highest BCUT2D eigenvalue weighted by molar-refractivity contribution is 5.95. The molecule has 0 aliphatic heterocycles. The van der Waals surface area contributed by atoms with Gasteiger partial charge in [-0.1, -0.05) is 19.8 Å². The molecule has 1 saturated carbocycles. The summed E-state index contributed by atoms with van der Waals surface area (Å²) >= 11 is 0. The van der Waals surface area contributed by atoms with Crippen LogP contribution < -0.4 is 0 Å². The lowest BCUT2D eigenvalue weighted by atomic mass is 10.1. The predicted molar refractivity (Wildman–Crippen MR) is 100 cm³/mol. The van der Waals surface area contributed by atoms with Crippen LogP contribution in [0.5, 0.6) is 0 Å². The Morgan fingerprint density at radius 1 is 1.15 bits per heavy atom. The van der Waals surface area contributed by atoms with Crippen molar-refractivity contribution in [1.29, 1.82) is 0 Å². The number of rotatable bonds is 6. The Labute approximate surface area is 154 Å². The highest BCUT2D eigenvalue weighted by Gasteiger charge is 2.30. The van der Waals surface area contributed by atoms with E-state index in [1.807, 2.05) is 65.2 Å². The van der Waals surface area contributed by atoms with Crippen molar-refractivity contribution < 1.29 is 14.3 Å². The standard InChI is InChI=1S/C21H26N2O3/c1-16(21(25)26-2)15-23(19-7-3-4-8-19)20(24)17-9-11-18(12-10-17)22-13-5-6-14-22/h5-6,9-14,16,19H,3-4,7-8,15H2,1-2H3. The van der Waals surface area contributed by atoms with Crippen LogP contribution in [-0.4, -0.2) is 41.0 Å². The second-order valence-electron chi connectivity index (χ2n) is 6.96. The summed E-state index contributed by atoms with van der Waals surface area (Å²) in [6.07, 6.45) is 8.21.